The Balaban J connectivity index is 3.54. The maximum atomic E-state index is 11.5. The van der Waals surface area contributed by atoms with E-state index in [1.165, 1.54) is 6.20 Å². The zero-order valence-corrected chi connectivity index (χ0v) is 8.95. The zero-order valence-electron chi connectivity index (χ0n) is 8.95. The summed E-state index contributed by atoms with van der Waals surface area (Å²) >= 11 is 0. The van der Waals surface area contributed by atoms with Gasteiger partial charge in [0, 0.05) is 5.56 Å². The lowest BCUT2D eigenvalue weighted by atomic mass is 10.0. The molecule has 0 aliphatic carbocycles. The summed E-state index contributed by atoms with van der Waals surface area (Å²) in [7, 11) is 0. The number of nitrogens with one attached hydrogen (secondary N) is 1. The van der Waals surface area contributed by atoms with E-state index in [-0.39, 0.29) is 11.5 Å². The molecular formula is C11H15N3O. The highest BCUT2D eigenvalue weighted by atomic mass is 16.1. The van der Waals surface area contributed by atoms with Crippen LogP contribution in [0.1, 0.15) is 36.6 Å². The summed E-state index contributed by atoms with van der Waals surface area (Å²) in [5.74, 6) is 0.222. The lowest BCUT2D eigenvalue weighted by molar-refractivity contribution is 0.772. The molecule has 1 rings (SSSR count). The van der Waals surface area contributed by atoms with Crippen molar-refractivity contribution in [2.45, 2.75) is 19.8 Å². The molecule has 15 heavy (non-hydrogen) atoms. The van der Waals surface area contributed by atoms with Crippen LogP contribution in [-0.2, 0) is 0 Å². The van der Waals surface area contributed by atoms with Crippen LogP contribution in [0, 0.1) is 0 Å². The Bertz CT molecular complexity index is 444. The molecule has 0 amide bonds. The van der Waals surface area contributed by atoms with Crippen molar-refractivity contribution in [3.05, 3.63) is 40.0 Å². The van der Waals surface area contributed by atoms with Crippen molar-refractivity contribution in [3.63, 3.8) is 0 Å². The summed E-state index contributed by atoms with van der Waals surface area (Å²) in [5.41, 5.74) is 7.11. The first-order valence-corrected chi connectivity index (χ1v) is 4.75. The van der Waals surface area contributed by atoms with E-state index in [4.69, 9.17) is 5.73 Å². The minimum absolute atomic E-state index is 0.222. The van der Waals surface area contributed by atoms with Crippen LogP contribution in [0.3, 0.4) is 0 Å². The Hall–Kier alpha value is -1.84. The molecule has 0 unspecified atom stereocenters. The number of H-pyrrole nitrogens is 1. The minimum atomic E-state index is -0.254. The van der Waals surface area contributed by atoms with Crippen molar-refractivity contribution >= 4 is 12.2 Å². The second-order valence-electron chi connectivity index (χ2n) is 3.48. The van der Waals surface area contributed by atoms with Crippen molar-refractivity contribution in [1.82, 2.24) is 10.2 Å². The summed E-state index contributed by atoms with van der Waals surface area (Å²) < 4.78 is 0. The van der Waals surface area contributed by atoms with Gasteiger partial charge in [-0.15, -0.1) is 0 Å². The summed E-state index contributed by atoms with van der Waals surface area (Å²) in [4.78, 5) is 11.5. The number of nitrogens with two attached hydrogens (primary N) is 1. The van der Waals surface area contributed by atoms with E-state index in [2.05, 4.69) is 16.8 Å². The van der Waals surface area contributed by atoms with Gasteiger partial charge in [0.2, 0.25) is 0 Å². The van der Waals surface area contributed by atoms with Gasteiger partial charge in [0.1, 0.15) is 0 Å². The first-order valence-electron chi connectivity index (χ1n) is 4.75. The average molecular weight is 205 g/mol. The molecule has 1 aromatic heterocycles. The second-order valence-corrected chi connectivity index (χ2v) is 3.48. The molecule has 0 aliphatic rings. The quantitative estimate of drug-likeness (QED) is 0.784. The molecule has 0 fully saturated rings. The Morgan fingerprint density at radius 2 is 2.13 bits per heavy atom. The normalized spacial score (nSPS) is 11.1. The van der Waals surface area contributed by atoms with Crippen molar-refractivity contribution in [2.24, 2.45) is 5.73 Å². The third kappa shape index (κ3) is 2.15. The van der Waals surface area contributed by atoms with Gasteiger partial charge in [0.15, 0.2) is 0 Å². The fraction of sp³-hybridized carbons (Fsp3) is 0.273. The number of nitrogens with zero attached hydrogens (tertiary/aromatic N) is 1. The van der Waals surface area contributed by atoms with Gasteiger partial charge in [-0.1, -0.05) is 26.5 Å². The maximum Gasteiger partial charge on any atom is 0.272 e. The smallest absolute Gasteiger partial charge is 0.272 e. The molecule has 1 heterocycles. The molecular weight excluding hydrogens is 190 g/mol. The van der Waals surface area contributed by atoms with Gasteiger partial charge in [-0.05, 0) is 18.2 Å². The lowest BCUT2D eigenvalue weighted by Crippen LogP contribution is -2.17. The van der Waals surface area contributed by atoms with Gasteiger partial charge in [-0.2, -0.15) is 5.10 Å². The SMILES string of the molecule is C=Cc1c(C(C)C)n[nH]c(=O)c1/C=C\N. The molecule has 4 nitrogen and oxygen atoms in total. The predicted octanol–water partition coefficient (Wildman–Crippen LogP) is 1.47. The van der Waals surface area contributed by atoms with Crippen molar-refractivity contribution < 1.29 is 0 Å². The first-order chi connectivity index (χ1) is 7.11. The lowest BCUT2D eigenvalue weighted by Gasteiger charge is -2.09. The standard InChI is InChI=1S/C11H15N3O/c1-4-8-9(5-6-12)11(15)14-13-10(8)7(2)3/h4-7H,1,12H2,2-3H3,(H,14,15)/b6-5-. The van der Waals surface area contributed by atoms with Gasteiger partial charge in [0.05, 0.1) is 11.3 Å². The highest BCUT2D eigenvalue weighted by molar-refractivity contribution is 5.65. The molecule has 0 bridgehead atoms. The molecule has 80 valence electrons. The molecule has 0 radical (unpaired) electrons. The van der Waals surface area contributed by atoms with Crippen LogP contribution in [0.15, 0.2) is 17.6 Å². The van der Waals surface area contributed by atoms with Gasteiger partial charge < -0.3 is 5.73 Å². The Morgan fingerprint density at radius 3 is 2.60 bits per heavy atom. The van der Waals surface area contributed by atoms with Crippen LogP contribution < -0.4 is 11.3 Å². The largest absolute Gasteiger partial charge is 0.405 e. The van der Waals surface area contributed by atoms with E-state index >= 15 is 0 Å². The number of hydrogen-bond acceptors (Lipinski definition) is 3. The van der Waals surface area contributed by atoms with Crippen molar-refractivity contribution in [3.8, 4) is 0 Å². The molecule has 4 heteroatoms. The van der Waals surface area contributed by atoms with Crippen LogP contribution in [-0.4, -0.2) is 10.2 Å². The molecule has 0 aromatic carbocycles. The van der Waals surface area contributed by atoms with Gasteiger partial charge in [0.25, 0.3) is 5.56 Å². The third-order valence-electron chi connectivity index (χ3n) is 2.10. The highest BCUT2D eigenvalue weighted by Crippen LogP contribution is 2.19. The Morgan fingerprint density at radius 1 is 1.47 bits per heavy atom. The number of hydrogen-bond donors (Lipinski definition) is 2. The van der Waals surface area contributed by atoms with E-state index in [9.17, 15) is 4.79 Å². The van der Waals surface area contributed by atoms with Crippen LogP contribution in [0.2, 0.25) is 0 Å². The van der Waals surface area contributed by atoms with E-state index < -0.39 is 0 Å². The molecule has 3 N–H and O–H groups in total. The molecule has 0 saturated carbocycles. The van der Waals surface area contributed by atoms with Crippen molar-refractivity contribution in [2.75, 3.05) is 0 Å². The summed E-state index contributed by atoms with van der Waals surface area (Å²) in [5, 5.41) is 6.46. The summed E-state index contributed by atoms with van der Waals surface area (Å²) in [6, 6.07) is 0. The average Bonchev–Trinajstić information content (AvgIpc) is 2.20. The van der Waals surface area contributed by atoms with Crippen LogP contribution >= 0.6 is 0 Å². The molecule has 0 aliphatic heterocycles. The van der Waals surface area contributed by atoms with E-state index in [0.717, 1.165) is 11.3 Å². The molecule has 0 saturated heterocycles. The second kappa shape index (κ2) is 4.59. The summed E-state index contributed by atoms with van der Waals surface area (Å²) in [6.45, 7) is 7.70. The van der Waals surface area contributed by atoms with Gasteiger partial charge >= 0.3 is 0 Å². The summed E-state index contributed by atoms with van der Waals surface area (Å²) in [6.07, 6.45) is 4.53. The van der Waals surface area contributed by atoms with Crippen LogP contribution in [0.4, 0.5) is 0 Å². The predicted molar refractivity (Wildman–Crippen MR) is 62.3 cm³/mol. The van der Waals surface area contributed by atoms with Crippen LogP contribution in [0.5, 0.6) is 0 Å². The number of aromatic nitrogens is 2. The van der Waals surface area contributed by atoms with E-state index in [1.54, 1.807) is 12.2 Å². The fourth-order valence-electron chi connectivity index (χ4n) is 1.41. The Labute approximate surface area is 88.5 Å². The van der Waals surface area contributed by atoms with E-state index in [0.29, 0.717) is 5.56 Å². The van der Waals surface area contributed by atoms with E-state index in [1.807, 2.05) is 13.8 Å². The first kappa shape index (κ1) is 11.2. The van der Waals surface area contributed by atoms with Crippen molar-refractivity contribution in [1.29, 1.82) is 0 Å². The van der Waals surface area contributed by atoms with Crippen LogP contribution in [0.25, 0.3) is 12.2 Å². The van der Waals surface area contributed by atoms with Gasteiger partial charge in [-0.25, -0.2) is 5.10 Å². The molecule has 0 spiro atoms. The zero-order chi connectivity index (χ0) is 11.4. The minimum Gasteiger partial charge on any atom is -0.405 e. The topological polar surface area (TPSA) is 71.8 Å². The Kier molecular flexibility index (Phi) is 3.44. The van der Waals surface area contributed by atoms with Gasteiger partial charge in [-0.3, -0.25) is 4.79 Å². The maximum absolute atomic E-state index is 11.5. The molecule has 1 aromatic rings. The highest BCUT2D eigenvalue weighted by Gasteiger charge is 2.11. The number of aromatic amines is 1. The molecule has 0 atom stereocenters. The fourth-order valence-corrected chi connectivity index (χ4v) is 1.41. The monoisotopic (exact) mass is 205 g/mol. The third-order valence-corrected chi connectivity index (χ3v) is 2.10. The number of rotatable bonds is 3.